The summed E-state index contributed by atoms with van der Waals surface area (Å²) >= 11 is 0. The van der Waals surface area contributed by atoms with Gasteiger partial charge in [-0.3, -0.25) is 0 Å². The molecule has 0 N–H and O–H groups in total. The van der Waals surface area contributed by atoms with Crippen LogP contribution in [0.25, 0.3) is 0 Å². The molecule has 0 saturated carbocycles. The van der Waals surface area contributed by atoms with Gasteiger partial charge >= 0.3 is 0 Å². The summed E-state index contributed by atoms with van der Waals surface area (Å²) in [5.74, 6) is 0.481. The fraction of sp³-hybridized carbons (Fsp3) is 0.500. The van der Waals surface area contributed by atoms with E-state index in [1.165, 1.54) is 0 Å². The van der Waals surface area contributed by atoms with E-state index in [2.05, 4.69) is 41.4 Å². The van der Waals surface area contributed by atoms with Crippen LogP contribution in [-0.2, 0) is 0 Å². The van der Waals surface area contributed by atoms with Crippen molar-refractivity contribution in [3.8, 4) is 0 Å². The Morgan fingerprint density at radius 1 is 0.583 bits per heavy atom. The van der Waals surface area contributed by atoms with Crippen LogP contribution in [0, 0.1) is 0 Å². The monoisotopic (exact) mass is 166 g/mol. The van der Waals surface area contributed by atoms with Crippen molar-refractivity contribution < 1.29 is 0 Å². The van der Waals surface area contributed by atoms with Crippen LogP contribution in [0.4, 0.5) is 0 Å². The highest BCUT2D eigenvalue weighted by atomic mass is 15.6. The summed E-state index contributed by atoms with van der Waals surface area (Å²) in [5, 5.41) is 26.9. The number of hydrogen-bond acceptors (Lipinski definition) is 8. The third-order valence-corrected chi connectivity index (χ3v) is 0.838. The summed E-state index contributed by atoms with van der Waals surface area (Å²) < 4.78 is 0. The van der Waals surface area contributed by atoms with Gasteiger partial charge in [-0.15, -0.1) is 20.5 Å². The Balaban J connectivity index is 0.000000336. The smallest absolute Gasteiger partial charge is 0.102 e. The minimum absolute atomic E-state index is 0.241. The Hall–Kier alpha value is -1.86. The highest BCUT2D eigenvalue weighted by molar-refractivity contribution is 5.08. The molecular weight excluding hydrogens is 160 g/mol. The Morgan fingerprint density at radius 2 is 0.833 bits per heavy atom. The highest BCUT2D eigenvalue weighted by Crippen LogP contribution is 2.19. The fourth-order valence-electron chi connectivity index (χ4n) is 0.468. The Bertz CT molecular complexity index is 236. The molecule has 0 aromatic rings. The maximum absolute atomic E-state index is 3.48. The quantitative estimate of drug-likeness (QED) is 0.528. The van der Waals surface area contributed by atoms with Gasteiger partial charge in [0, 0.05) is 0 Å². The van der Waals surface area contributed by atoms with Crippen LogP contribution >= 0.6 is 0 Å². The molecule has 0 aromatic heterocycles. The molecular formula is C4H6N8. The first-order valence-electron chi connectivity index (χ1n) is 3.34. The van der Waals surface area contributed by atoms with Crippen LogP contribution in [0.3, 0.4) is 0 Å². The Kier molecular flexibility index (Phi) is 2.82. The Labute approximate surface area is 67.9 Å². The second-order valence-corrected chi connectivity index (χ2v) is 1.40. The molecule has 0 atom stereocenters. The van der Waals surface area contributed by atoms with Crippen molar-refractivity contribution in [3.63, 3.8) is 0 Å². The summed E-state index contributed by atoms with van der Waals surface area (Å²) in [6, 6.07) is 0. The molecule has 8 nitrogen and oxygen atoms in total. The lowest BCUT2D eigenvalue weighted by atomic mass is 10.7. The van der Waals surface area contributed by atoms with Gasteiger partial charge in [-0.05, 0) is 20.9 Å². The molecule has 0 bridgehead atoms. The molecule has 12 heavy (non-hydrogen) atoms. The fourth-order valence-corrected chi connectivity index (χ4v) is 0.468. The summed E-state index contributed by atoms with van der Waals surface area (Å²) in [7, 11) is 0. The number of hydrogen-bond donors (Lipinski definition) is 0. The van der Waals surface area contributed by atoms with Gasteiger partial charge < -0.3 is 0 Å². The zero-order valence-electron chi connectivity index (χ0n) is 6.58. The predicted octanol–water partition coefficient (Wildman–Crippen LogP) is 2.81. The molecule has 0 aromatic carbocycles. The van der Waals surface area contributed by atoms with E-state index in [1.54, 1.807) is 0 Å². The lowest BCUT2D eigenvalue weighted by Gasteiger charge is -1.79. The van der Waals surface area contributed by atoms with E-state index in [0.29, 0.717) is 0 Å². The third kappa shape index (κ3) is 1.59. The molecule has 2 aliphatic rings. The van der Waals surface area contributed by atoms with Crippen molar-refractivity contribution in [3.05, 3.63) is 11.6 Å². The Morgan fingerprint density at radius 3 is 1.08 bits per heavy atom. The van der Waals surface area contributed by atoms with Gasteiger partial charge in [-0.1, -0.05) is 13.8 Å². The number of nitrogens with zero attached hydrogens (tertiary/aromatic N) is 8. The van der Waals surface area contributed by atoms with E-state index in [1.807, 2.05) is 13.8 Å². The first kappa shape index (κ1) is 8.24. The lowest BCUT2D eigenvalue weighted by molar-refractivity contribution is 1.06. The molecule has 2 rings (SSSR count). The van der Waals surface area contributed by atoms with Crippen LogP contribution in [0.15, 0.2) is 53.0 Å². The molecule has 0 radical (unpaired) electrons. The summed E-state index contributed by atoms with van der Waals surface area (Å²) in [6.07, 6.45) is 0. The number of rotatable bonds is 0. The SMILES string of the molecule is CC.N1=NC(=C2N=NN=N2)N=N1. The van der Waals surface area contributed by atoms with Gasteiger partial charge in [0.25, 0.3) is 0 Å². The maximum atomic E-state index is 3.48. The van der Waals surface area contributed by atoms with Crippen molar-refractivity contribution in [2.24, 2.45) is 41.4 Å². The van der Waals surface area contributed by atoms with Gasteiger partial charge in [-0.2, -0.15) is 0 Å². The normalized spacial score (nSPS) is 17.2. The average Bonchev–Trinajstić information content (AvgIpc) is 2.80. The van der Waals surface area contributed by atoms with Gasteiger partial charge in [0.1, 0.15) is 0 Å². The zero-order valence-corrected chi connectivity index (χ0v) is 6.58. The lowest BCUT2D eigenvalue weighted by Crippen LogP contribution is -1.71. The molecule has 8 heteroatoms. The molecule has 0 aliphatic carbocycles. The van der Waals surface area contributed by atoms with E-state index >= 15 is 0 Å². The van der Waals surface area contributed by atoms with Gasteiger partial charge in [0.2, 0.25) is 11.6 Å². The maximum Gasteiger partial charge on any atom is 0.248 e. The van der Waals surface area contributed by atoms with E-state index in [9.17, 15) is 0 Å². The van der Waals surface area contributed by atoms with Crippen molar-refractivity contribution in [1.82, 2.24) is 0 Å². The minimum Gasteiger partial charge on any atom is -0.102 e. The second-order valence-electron chi connectivity index (χ2n) is 1.40. The van der Waals surface area contributed by atoms with Gasteiger partial charge in [0.05, 0.1) is 0 Å². The molecule has 0 unspecified atom stereocenters. The van der Waals surface area contributed by atoms with E-state index in [0.717, 1.165) is 0 Å². The van der Waals surface area contributed by atoms with Crippen LogP contribution < -0.4 is 0 Å². The summed E-state index contributed by atoms with van der Waals surface area (Å²) in [6.45, 7) is 4.00. The van der Waals surface area contributed by atoms with E-state index in [-0.39, 0.29) is 11.6 Å². The van der Waals surface area contributed by atoms with Crippen LogP contribution in [0.5, 0.6) is 0 Å². The van der Waals surface area contributed by atoms with Crippen molar-refractivity contribution in [2.75, 3.05) is 0 Å². The highest BCUT2D eigenvalue weighted by Gasteiger charge is 2.10. The largest absolute Gasteiger partial charge is 0.248 e. The standard InChI is InChI=1S/C2N8.C2H6/c3-1(4-8-7-3)2-5-9-10-6-2;1-2/h;1-2H3. The molecule has 2 aliphatic heterocycles. The zero-order chi connectivity index (χ0) is 8.81. The topological polar surface area (TPSA) is 98.9 Å². The van der Waals surface area contributed by atoms with Crippen LogP contribution in [0.1, 0.15) is 13.8 Å². The average molecular weight is 166 g/mol. The predicted molar refractivity (Wildman–Crippen MR) is 37.8 cm³/mol. The van der Waals surface area contributed by atoms with Gasteiger partial charge in [-0.25, -0.2) is 0 Å². The molecule has 0 fully saturated rings. The van der Waals surface area contributed by atoms with Crippen LogP contribution in [-0.4, -0.2) is 0 Å². The first-order chi connectivity index (χ1) is 5.97. The second kappa shape index (κ2) is 4.11. The molecule has 62 valence electrons. The minimum atomic E-state index is 0.241. The molecule has 0 spiro atoms. The van der Waals surface area contributed by atoms with Crippen molar-refractivity contribution >= 4 is 0 Å². The van der Waals surface area contributed by atoms with Crippen molar-refractivity contribution in [2.45, 2.75) is 13.8 Å². The first-order valence-corrected chi connectivity index (χ1v) is 3.34. The van der Waals surface area contributed by atoms with E-state index in [4.69, 9.17) is 0 Å². The summed E-state index contributed by atoms with van der Waals surface area (Å²) in [4.78, 5) is 0. The molecule has 0 saturated heterocycles. The van der Waals surface area contributed by atoms with Gasteiger partial charge in [0.15, 0.2) is 0 Å². The molecule has 0 amide bonds. The van der Waals surface area contributed by atoms with Crippen molar-refractivity contribution in [1.29, 1.82) is 0 Å². The third-order valence-electron chi connectivity index (χ3n) is 0.838. The molecule has 2 heterocycles. The van der Waals surface area contributed by atoms with E-state index < -0.39 is 0 Å². The summed E-state index contributed by atoms with van der Waals surface area (Å²) in [5.41, 5.74) is 0. The van der Waals surface area contributed by atoms with Crippen LogP contribution in [0.2, 0.25) is 0 Å².